The van der Waals surface area contributed by atoms with Gasteiger partial charge in [-0.15, -0.1) is 13.2 Å². The molecule has 6 nitrogen and oxygen atoms in total. The number of rotatable bonds is 5. The van der Waals surface area contributed by atoms with Crippen LogP contribution in [0.15, 0.2) is 41.2 Å². The molecule has 1 aromatic carbocycles. The van der Waals surface area contributed by atoms with E-state index < -0.39 is 17.8 Å². The van der Waals surface area contributed by atoms with E-state index in [1.54, 1.807) is 6.07 Å². The van der Waals surface area contributed by atoms with Crippen molar-refractivity contribution in [2.24, 2.45) is 0 Å². The lowest BCUT2D eigenvalue weighted by Gasteiger charge is -2.10. The van der Waals surface area contributed by atoms with Gasteiger partial charge < -0.3 is 10.1 Å². The summed E-state index contributed by atoms with van der Waals surface area (Å²) in [5.74, 6) is -0.552. The Hall–Kier alpha value is -2.84. The molecular weight excluding hydrogens is 339 g/mol. The van der Waals surface area contributed by atoms with Crippen molar-refractivity contribution in [2.45, 2.75) is 31.7 Å². The molecule has 132 valence electrons. The van der Waals surface area contributed by atoms with Gasteiger partial charge in [-0.2, -0.15) is 5.10 Å². The lowest BCUT2D eigenvalue weighted by Crippen LogP contribution is -2.29. The third-order valence-electron chi connectivity index (χ3n) is 3.55. The fourth-order valence-electron chi connectivity index (χ4n) is 2.25. The monoisotopic (exact) mass is 353 g/mol. The van der Waals surface area contributed by atoms with Crippen LogP contribution in [0, 0.1) is 0 Å². The molecule has 0 radical (unpaired) electrons. The number of amides is 1. The highest BCUT2D eigenvalue weighted by molar-refractivity contribution is 5.90. The summed E-state index contributed by atoms with van der Waals surface area (Å²) >= 11 is 0. The molecule has 1 fully saturated rings. The van der Waals surface area contributed by atoms with Crippen LogP contribution in [0.5, 0.6) is 5.75 Å². The van der Waals surface area contributed by atoms with E-state index in [1.165, 1.54) is 18.2 Å². The average molecular weight is 353 g/mol. The predicted molar refractivity (Wildman–Crippen MR) is 82.2 cm³/mol. The zero-order valence-corrected chi connectivity index (χ0v) is 12.9. The summed E-state index contributed by atoms with van der Waals surface area (Å²) in [5, 5.41) is 6.67. The number of benzene rings is 1. The molecule has 0 saturated heterocycles. The van der Waals surface area contributed by atoms with Gasteiger partial charge in [0, 0.05) is 17.7 Å². The SMILES string of the molecule is O=C(Cn1nc(C2CC2)ccc1=O)Nc1ccc(OC(F)(F)F)cc1. The second kappa shape index (κ2) is 6.58. The van der Waals surface area contributed by atoms with Crippen LogP contribution in [0.1, 0.15) is 24.5 Å². The number of hydrogen-bond donors (Lipinski definition) is 1. The maximum atomic E-state index is 12.1. The van der Waals surface area contributed by atoms with Crippen LogP contribution in [0.25, 0.3) is 0 Å². The Morgan fingerprint density at radius 2 is 1.88 bits per heavy atom. The maximum Gasteiger partial charge on any atom is 0.573 e. The number of aromatic nitrogens is 2. The van der Waals surface area contributed by atoms with Crippen LogP contribution >= 0.6 is 0 Å². The highest BCUT2D eigenvalue weighted by Gasteiger charge is 2.31. The van der Waals surface area contributed by atoms with Gasteiger partial charge in [0.1, 0.15) is 12.3 Å². The molecule has 1 N–H and O–H groups in total. The molecule has 2 aromatic rings. The van der Waals surface area contributed by atoms with Crippen molar-refractivity contribution in [3.63, 3.8) is 0 Å². The topological polar surface area (TPSA) is 73.2 Å². The zero-order valence-electron chi connectivity index (χ0n) is 12.9. The summed E-state index contributed by atoms with van der Waals surface area (Å²) in [4.78, 5) is 23.8. The fourth-order valence-corrected chi connectivity index (χ4v) is 2.25. The van der Waals surface area contributed by atoms with Gasteiger partial charge in [0.25, 0.3) is 5.56 Å². The Labute approximate surface area is 140 Å². The first-order valence-electron chi connectivity index (χ1n) is 7.54. The van der Waals surface area contributed by atoms with Crippen LogP contribution in [0.3, 0.4) is 0 Å². The number of hydrogen-bond acceptors (Lipinski definition) is 4. The molecule has 1 amide bonds. The van der Waals surface area contributed by atoms with Crippen molar-refractivity contribution in [3.8, 4) is 5.75 Å². The number of anilines is 1. The summed E-state index contributed by atoms with van der Waals surface area (Å²) in [5.41, 5.74) is 0.667. The van der Waals surface area contributed by atoms with Gasteiger partial charge in [-0.05, 0) is 43.2 Å². The summed E-state index contributed by atoms with van der Waals surface area (Å²) in [6, 6.07) is 7.75. The molecule has 9 heteroatoms. The number of nitrogens with zero attached hydrogens (tertiary/aromatic N) is 2. The molecule has 0 atom stereocenters. The van der Waals surface area contributed by atoms with Gasteiger partial charge >= 0.3 is 6.36 Å². The molecule has 1 aromatic heterocycles. The van der Waals surface area contributed by atoms with Crippen molar-refractivity contribution in [2.75, 3.05) is 5.32 Å². The van der Waals surface area contributed by atoms with E-state index in [0.29, 0.717) is 5.92 Å². The van der Waals surface area contributed by atoms with E-state index in [1.807, 2.05) is 0 Å². The molecule has 0 spiro atoms. The first-order chi connectivity index (χ1) is 11.8. The van der Waals surface area contributed by atoms with E-state index in [4.69, 9.17) is 0 Å². The highest BCUT2D eigenvalue weighted by Crippen LogP contribution is 2.38. The zero-order chi connectivity index (χ0) is 18.0. The predicted octanol–water partition coefficient (Wildman–Crippen LogP) is 2.66. The molecule has 0 unspecified atom stereocenters. The molecule has 0 aliphatic heterocycles. The molecule has 3 rings (SSSR count). The van der Waals surface area contributed by atoms with E-state index in [2.05, 4.69) is 15.2 Å². The Morgan fingerprint density at radius 3 is 2.48 bits per heavy atom. The minimum Gasteiger partial charge on any atom is -0.406 e. The van der Waals surface area contributed by atoms with Crippen molar-refractivity contribution in [1.82, 2.24) is 9.78 Å². The van der Waals surface area contributed by atoms with Gasteiger partial charge in [-0.3, -0.25) is 9.59 Å². The molecule has 1 heterocycles. The molecule has 1 saturated carbocycles. The van der Waals surface area contributed by atoms with Gasteiger partial charge in [0.05, 0.1) is 5.69 Å². The fraction of sp³-hybridized carbons (Fsp3) is 0.312. The third-order valence-corrected chi connectivity index (χ3v) is 3.55. The second-order valence-electron chi connectivity index (χ2n) is 5.65. The molecular formula is C16H14F3N3O3. The van der Waals surface area contributed by atoms with Gasteiger partial charge in [-0.1, -0.05) is 0 Å². The number of carbonyl (C=O) groups excluding carboxylic acids is 1. The molecule has 0 bridgehead atoms. The minimum absolute atomic E-state index is 0.278. The van der Waals surface area contributed by atoms with Gasteiger partial charge in [-0.25, -0.2) is 4.68 Å². The summed E-state index contributed by atoms with van der Waals surface area (Å²) in [6.07, 6.45) is -2.74. The Kier molecular flexibility index (Phi) is 4.47. The number of halogens is 3. The number of carbonyl (C=O) groups is 1. The van der Waals surface area contributed by atoms with Crippen LogP contribution in [-0.4, -0.2) is 22.1 Å². The highest BCUT2D eigenvalue weighted by atomic mass is 19.4. The van der Waals surface area contributed by atoms with Gasteiger partial charge in [0.15, 0.2) is 0 Å². The van der Waals surface area contributed by atoms with Crippen LogP contribution in [-0.2, 0) is 11.3 Å². The van der Waals surface area contributed by atoms with E-state index in [-0.39, 0.29) is 18.0 Å². The standard InChI is InChI=1S/C16H14F3N3O3/c17-16(18,19)25-12-5-3-11(4-6-12)20-14(23)9-22-15(24)8-7-13(21-22)10-1-2-10/h3-8,10H,1-2,9H2,(H,20,23). The van der Waals surface area contributed by atoms with Crippen molar-refractivity contribution < 1.29 is 22.7 Å². The Bertz CT molecular complexity index is 827. The normalized spacial score (nSPS) is 14.2. The largest absolute Gasteiger partial charge is 0.573 e. The molecule has 1 aliphatic carbocycles. The summed E-state index contributed by atoms with van der Waals surface area (Å²) in [6.45, 7) is -0.278. The third kappa shape index (κ3) is 4.82. The van der Waals surface area contributed by atoms with Crippen LogP contribution in [0.4, 0.5) is 18.9 Å². The minimum atomic E-state index is -4.77. The number of nitrogens with one attached hydrogen (secondary N) is 1. The van der Waals surface area contributed by atoms with E-state index >= 15 is 0 Å². The molecule has 25 heavy (non-hydrogen) atoms. The maximum absolute atomic E-state index is 12.1. The first kappa shape index (κ1) is 17.0. The second-order valence-corrected chi connectivity index (χ2v) is 5.65. The Morgan fingerprint density at radius 1 is 1.20 bits per heavy atom. The van der Waals surface area contributed by atoms with E-state index in [0.717, 1.165) is 35.4 Å². The lowest BCUT2D eigenvalue weighted by molar-refractivity contribution is -0.274. The van der Waals surface area contributed by atoms with Crippen LogP contribution < -0.4 is 15.6 Å². The van der Waals surface area contributed by atoms with Crippen molar-refractivity contribution in [3.05, 3.63) is 52.4 Å². The summed E-state index contributed by atoms with van der Waals surface area (Å²) in [7, 11) is 0. The van der Waals surface area contributed by atoms with Crippen LogP contribution in [0.2, 0.25) is 0 Å². The first-order valence-corrected chi connectivity index (χ1v) is 7.54. The summed E-state index contributed by atoms with van der Waals surface area (Å²) < 4.78 is 41.1. The molecule has 1 aliphatic rings. The van der Waals surface area contributed by atoms with E-state index in [9.17, 15) is 22.8 Å². The average Bonchev–Trinajstić information content (AvgIpc) is 3.35. The smallest absolute Gasteiger partial charge is 0.406 e. The van der Waals surface area contributed by atoms with Crippen molar-refractivity contribution in [1.29, 1.82) is 0 Å². The Balaban J connectivity index is 1.63. The number of alkyl halides is 3. The lowest BCUT2D eigenvalue weighted by atomic mass is 10.3. The van der Waals surface area contributed by atoms with Crippen molar-refractivity contribution >= 4 is 11.6 Å². The quantitative estimate of drug-likeness (QED) is 0.897. The van der Waals surface area contributed by atoms with Gasteiger partial charge in [0.2, 0.25) is 5.91 Å². The number of ether oxygens (including phenoxy) is 1.